The number of rotatable bonds is 10. The standard InChI is InChI=1S/C22H26N4O7/c23-20(30)16(25-13-3-5-17(25)27)4-1-2-12-24-21(31)14-6-8-15(9-7-14)22(32)33-26-18(28)10-11-19(26)29/h6-11,16,28-29H,1-5,12-13H2,(H2,23,30)(H,24,31)/t16-/m0/s1. The highest BCUT2D eigenvalue weighted by atomic mass is 16.7. The normalized spacial score (nSPS) is 14.2. The van der Waals surface area contributed by atoms with E-state index in [1.807, 2.05) is 0 Å². The van der Waals surface area contributed by atoms with E-state index in [4.69, 9.17) is 10.6 Å². The van der Waals surface area contributed by atoms with Crippen molar-refractivity contribution in [3.05, 3.63) is 47.5 Å². The second-order valence-corrected chi connectivity index (χ2v) is 7.66. The van der Waals surface area contributed by atoms with Crippen molar-refractivity contribution in [2.75, 3.05) is 13.1 Å². The second-order valence-electron chi connectivity index (χ2n) is 7.66. The molecule has 0 bridgehead atoms. The van der Waals surface area contributed by atoms with E-state index >= 15 is 0 Å². The largest absolute Gasteiger partial charge is 0.492 e. The summed E-state index contributed by atoms with van der Waals surface area (Å²) >= 11 is 0. The Balaban J connectivity index is 1.43. The molecule has 0 radical (unpaired) electrons. The number of carbonyl (C=O) groups excluding carboxylic acids is 4. The van der Waals surface area contributed by atoms with Gasteiger partial charge in [-0.1, -0.05) is 0 Å². The Morgan fingerprint density at radius 1 is 1.03 bits per heavy atom. The molecule has 0 saturated carbocycles. The van der Waals surface area contributed by atoms with E-state index in [-0.39, 0.29) is 17.4 Å². The summed E-state index contributed by atoms with van der Waals surface area (Å²) in [7, 11) is 0. The smallest absolute Gasteiger partial charge is 0.363 e. The molecule has 0 aliphatic carbocycles. The number of carbonyl (C=O) groups is 4. The lowest BCUT2D eigenvalue weighted by Gasteiger charge is -2.25. The maximum absolute atomic E-state index is 12.3. The minimum atomic E-state index is -0.829. The van der Waals surface area contributed by atoms with E-state index in [9.17, 15) is 29.4 Å². The van der Waals surface area contributed by atoms with Crippen LogP contribution in [0.5, 0.6) is 11.8 Å². The summed E-state index contributed by atoms with van der Waals surface area (Å²) < 4.78 is 0.575. The van der Waals surface area contributed by atoms with Gasteiger partial charge in [0.15, 0.2) is 0 Å². The lowest BCUT2D eigenvalue weighted by Crippen LogP contribution is -2.45. The number of likely N-dealkylation sites (tertiary alicyclic amines) is 1. The molecule has 11 nitrogen and oxygen atoms in total. The molecule has 1 aromatic heterocycles. The summed E-state index contributed by atoms with van der Waals surface area (Å²) in [4.78, 5) is 54.4. The molecule has 11 heteroatoms. The van der Waals surface area contributed by atoms with Crippen LogP contribution >= 0.6 is 0 Å². The molecule has 5 N–H and O–H groups in total. The maximum atomic E-state index is 12.3. The second kappa shape index (κ2) is 10.5. The van der Waals surface area contributed by atoms with Crippen molar-refractivity contribution in [1.82, 2.24) is 14.9 Å². The third-order valence-electron chi connectivity index (χ3n) is 5.36. The molecule has 1 saturated heterocycles. The Bertz CT molecular complexity index is 1010. The lowest BCUT2D eigenvalue weighted by atomic mass is 10.1. The SMILES string of the molecule is NC(=O)[C@H](CCCCNC(=O)c1ccc(C(=O)On2c(O)ccc2O)cc1)N1CCCC1=O. The molecule has 0 spiro atoms. The van der Waals surface area contributed by atoms with E-state index in [1.165, 1.54) is 29.2 Å². The molecular weight excluding hydrogens is 432 g/mol. The van der Waals surface area contributed by atoms with E-state index in [0.29, 0.717) is 49.1 Å². The third kappa shape index (κ3) is 5.82. The summed E-state index contributed by atoms with van der Waals surface area (Å²) in [5.74, 6) is -2.62. The highest BCUT2D eigenvalue weighted by Gasteiger charge is 2.30. The van der Waals surface area contributed by atoms with Gasteiger partial charge in [0.05, 0.1) is 5.56 Å². The number of hydrogen-bond acceptors (Lipinski definition) is 7. The predicted molar refractivity (Wildman–Crippen MR) is 115 cm³/mol. The van der Waals surface area contributed by atoms with Crippen LogP contribution < -0.4 is 15.9 Å². The van der Waals surface area contributed by atoms with Crippen LogP contribution in [0, 0.1) is 0 Å². The number of primary amides is 1. The Kier molecular flexibility index (Phi) is 7.54. The van der Waals surface area contributed by atoms with Crippen molar-refractivity contribution in [2.45, 2.75) is 38.1 Å². The van der Waals surface area contributed by atoms with Crippen LogP contribution in [-0.4, -0.2) is 62.7 Å². The monoisotopic (exact) mass is 458 g/mol. The number of nitrogens with two attached hydrogens (primary N) is 1. The van der Waals surface area contributed by atoms with Crippen molar-refractivity contribution in [2.24, 2.45) is 5.73 Å². The molecule has 1 fully saturated rings. The van der Waals surface area contributed by atoms with Gasteiger partial charge in [0.1, 0.15) is 6.04 Å². The van der Waals surface area contributed by atoms with Crippen LogP contribution in [0.15, 0.2) is 36.4 Å². The van der Waals surface area contributed by atoms with E-state index in [1.54, 1.807) is 0 Å². The average Bonchev–Trinajstić information content (AvgIpc) is 3.35. The van der Waals surface area contributed by atoms with Crippen LogP contribution in [0.4, 0.5) is 0 Å². The molecule has 33 heavy (non-hydrogen) atoms. The molecule has 1 atom stereocenters. The number of nitrogens with one attached hydrogen (secondary N) is 1. The van der Waals surface area contributed by atoms with Crippen LogP contribution in [0.3, 0.4) is 0 Å². The van der Waals surface area contributed by atoms with Crippen molar-refractivity contribution < 1.29 is 34.2 Å². The summed E-state index contributed by atoms with van der Waals surface area (Å²) in [6.45, 7) is 0.911. The van der Waals surface area contributed by atoms with Crippen LogP contribution in [0.2, 0.25) is 0 Å². The van der Waals surface area contributed by atoms with Gasteiger partial charge in [0, 0.05) is 37.2 Å². The Labute approximate surface area is 189 Å². The van der Waals surface area contributed by atoms with Crippen molar-refractivity contribution in [3.63, 3.8) is 0 Å². The molecule has 3 rings (SSSR count). The average molecular weight is 458 g/mol. The van der Waals surface area contributed by atoms with Gasteiger partial charge in [-0.2, -0.15) is 0 Å². The number of hydrogen-bond donors (Lipinski definition) is 4. The molecular formula is C22H26N4O7. The molecule has 3 amide bonds. The van der Waals surface area contributed by atoms with E-state index in [0.717, 1.165) is 18.6 Å². The first kappa shape index (κ1) is 23.6. The van der Waals surface area contributed by atoms with Gasteiger partial charge < -0.3 is 31.0 Å². The van der Waals surface area contributed by atoms with Crippen molar-refractivity contribution >= 4 is 23.7 Å². The Morgan fingerprint density at radius 3 is 2.24 bits per heavy atom. The van der Waals surface area contributed by atoms with Gasteiger partial charge in [-0.25, -0.2) is 4.79 Å². The van der Waals surface area contributed by atoms with E-state index in [2.05, 4.69) is 5.32 Å². The third-order valence-corrected chi connectivity index (χ3v) is 5.36. The van der Waals surface area contributed by atoms with E-state index < -0.39 is 29.7 Å². The Hall–Kier alpha value is -4.02. The number of benzene rings is 1. The molecule has 0 unspecified atom stereocenters. The first-order valence-electron chi connectivity index (χ1n) is 10.6. The van der Waals surface area contributed by atoms with Gasteiger partial charge in [0.2, 0.25) is 23.6 Å². The topological polar surface area (TPSA) is 164 Å². The molecule has 176 valence electrons. The fraction of sp³-hybridized carbons (Fsp3) is 0.364. The highest BCUT2D eigenvalue weighted by molar-refractivity contribution is 5.96. The predicted octanol–water partition coefficient (Wildman–Crippen LogP) is 0.545. The summed E-state index contributed by atoms with van der Waals surface area (Å²) in [6.07, 6.45) is 2.83. The molecule has 1 aliphatic heterocycles. The van der Waals surface area contributed by atoms with Crippen LogP contribution in [-0.2, 0) is 9.59 Å². The summed E-state index contributed by atoms with van der Waals surface area (Å²) in [6, 6.07) is 7.38. The van der Waals surface area contributed by atoms with Gasteiger partial charge in [-0.15, -0.1) is 4.73 Å². The lowest BCUT2D eigenvalue weighted by molar-refractivity contribution is -0.136. The minimum absolute atomic E-state index is 0.0543. The first-order chi connectivity index (χ1) is 15.8. The zero-order chi connectivity index (χ0) is 24.0. The van der Waals surface area contributed by atoms with Gasteiger partial charge in [-0.3, -0.25) is 14.4 Å². The molecule has 1 aromatic carbocycles. The van der Waals surface area contributed by atoms with Gasteiger partial charge in [-0.05, 0) is 49.9 Å². The summed E-state index contributed by atoms with van der Waals surface area (Å²) in [5.41, 5.74) is 5.89. The quantitative estimate of drug-likeness (QED) is 0.377. The Morgan fingerprint density at radius 2 is 1.67 bits per heavy atom. The fourth-order valence-corrected chi connectivity index (χ4v) is 3.61. The minimum Gasteiger partial charge on any atom is -0.492 e. The summed E-state index contributed by atoms with van der Waals surface area (Å²) in [5, 5.41) is 21.8. The molecule has 2 aromatic rings. The van der Waals surface area contributed by atoms with Crippen LogP contribution in [0.1, 0.15) is 52.8 Å². The first-order valence-corrected chi connectivity index (χ1v) is 10.6. The fourth-order valence-electron chi connectivity index (χ4n) is 3.61. The highest BCUT2D eigenvalue weighted by Crippen LogP contribution is 2.20. The van der Waals surface area contributed by atoms with Crippen LogP contribution in [0.25, 0.3) is 0 Å². The van der Waals surface area contributed by atoms with Gasteiger partial charge >= 0.3 is 5.97 Å². The zero-order valence-corrected chi connectivity index (χ0v) is 17.9. The van der Waals surface area contributed by atoms with Crippen molar-refractivity contribution in [1.29, 1.82) is 0 Å². The number of nitrogens with zero attached hydrogens (tertiary/aromatic N) is 2. The number of unbranched alkanes of at least 4 members (excludes halogenated alkanes) is 1. The molecule has 2 heterocycles. The number of aromatic nitrogens is 1. The zero-order valence-electron chi connectivity index (χ0n) is 17.9. The van der Waals surface area contributed by atoms with Gasteiger partial charge in [0.25, 0.3) is 5.91 Å². The maximum Gasteiger partial charge on any atom is 0.363 e. The van der Waals surface area contributed by atoms with Crippen molar-refractivity contribution in [3.8, 4) is 11.8 Å². The number of aromatic hydroxyl groups is 2. The molecule has 1 aliphatic rings. The number of amides is 3.